The summed E-state index contributed by atoms with van der Waals surface area (Å²) < 4.78 is 3.51. The minimum Gasteiger partial charge on any atom is -0.349 e. The van der Waals surface area contributed by atoms with E-state index in [0.717, 1.165) is 17.1 Å². The van der Waals surface area contributed by atoms with Gasteiger partial charge < -0.3 is 5.32 Å². The fraction of sp³-hybridized carbons (Fsp3) is 0.0625. The zero-order chi connectivity index (χ0) is 16.2. The van der Waals surface area contributed by atoms with E-state index in [0.29, 0.717) is 12.5 Å². The number of pyridine rings is 1. The maximum absolute atomic E-state index is 4.43. The van der Waals surface area contributed by atoms with Crippen LogP contribution in [0.2, 0.25) is 0 Å². The average molecular weight is 318 g/mol. The first-order valence-corrected chi connectivity index (χ1v) is 7.41. The predicted molar refractivity (Wildman–Crippen MR) is 87.8 cm³/mol. The molecule has 0 aliphatic rings. The molecule has 0 spiro atoms. The van der Waals surface area contributed by atoms with Gasteiger partial charge in [-0.25, -0.2) is 9.97 Å². The Kier molecular flexibility index (Phi) is 3.69. The lowest BCUT2D eigenvalue weighted by Crippen LogP contribution is -2.08. The number of nitrogens with zero attached hydrogens (tertiary/aromatic N) is 7. The van der Waals surface area contributed by atoms with Crippen LogP contribution in [-0.2, 0) is 6.54 Å². The summed E-state index contributed by atoms with van der Waals surface area (Å²) in [4.78, 5) is 8.44. The van der Waals surface area contributed by atoms with Crippen LogP contribution in [0, 0.1) is 0 Å². The van der Waals surface area contributed by atoms with Crippen LogP contribution in [-0.4, -0.2) is 34.7 Å². The van der Waals surface area contributed by atoms with Crippen molar-refractivity contribution in [2.75, 3.05) is 5.32 Å². The van der Waals surface area contributed by atoms with Gasteiger partial charge in [0.2, 0.25) is 5.95 Å². The maximum atomic E-state index is 4.43. The van der Waals surface area contributed by atoms with Crippen LogP contribution in [0.1, 0.15) is 5.56 Å². The van der Waals surface area contributed by atoms with E-state index in [1.54, 1.807) is 17.2 Å². The zero-order valence-corrected chi connectivity index (χ0v) is 12.7. The van der Waals surface area contributed by atoms with Crippen molar-refractivity contribution in [3.8, 4) is 11.5 Å². The molecule has 0 radical (unpaired) electrons. The second-order valence-corrected chi connectivity index (χ2v) is 5.10. The Morgan fingerprint density at radius 1 is 1.04 bits per heavy atom. The Balaban J connectivity index is 1.47. The van der Waals surface area contributed by atoms with Crippen LogP contribution < -0.4 is 5.32 Å². The highest BCUT2D eigenvalue weighted by Gasteiger charge is 2.07. The second-order valence-electron chi connectivity index (χ2n) is 5.10. The Morgan fingerprint density at radius 2 is 1.96 bits per heavy atom. The summed E-state index contributed by atoms with van der Waals surface area (Å²) in [6, 6.07) is 13.7. The maximum Gasteiger partial charge on any atom is 0.248 e. The molecular formula is C16H14N8. The molecule has 0 saturated carbocycles. The topological polar surface area (TPSA) is 86.3 Å². The van der Waals surface area contributed by atoms with E-state index in [1.807, 2.05) is 59.4 Å². The molecule has 0 atom stereocenters. The van der Waals surface area contributed by atoms with Crippen molar-refractivity contribution >= 4 is 5.95 Å². The van der Waals surface area contributed by atoms with E-state index in [2.05, 4.69) is 30.8 Å². The number of anilines is 1. The lowest BCUT2D eigenvalue weighted by atomic mass is 10.3. The molecule has 0 fully saturated rings. The number of benzene rings is 1. The van der Waals surface area contributed by atoms with Crippen molar-refractivity contribution in [1.82, 2.24) is 34.7 Å². The van der Waals surface area contributed by atoms with Gasteiger partial charge in [0, 0.05) is 25.1 Å². The van der Waals surface area contributed by atoms with Crippen LogP contribution in [0.4, 0.5) is 5.95 Å². The molecule has 0 bridgehead atoms. The second kappa shape index (κ2) is 6.29. The molecule has 0 amide bonds. The zero-order valence-electron chi connectivity index (χ0n) is 12.7. The Labute approximate surface area is 137 Å². The highest BCUT2D eigenvalue weighted by Crippen LogP contribution is 2.12. The van der Waals surface area contributed by atoms with Crippen LogP contribution in [0.3, 0.4) is 0 Å². The summed E-state index contributed by atoms with van der Waals surface area (Å²) >= 11 is 0. The quantitative estimate of drug-likeness (QED) is 0.604. The molecule has 118 valence electrons. The molecule has 3 heterocycles. The molecule has 8 nitrogen and oxygen atoms in total. The standard InChI is InChI=1S/C16H14N8/c1-2-4-14(5-3-1)24-16(20-21-22-24)19-11-13-6-7-15(18-10-13)23-9-8-17-12-23/h1-10,12H,11H2,(H,19,20,22). The predicted octanol–water partition coefficient (Wildman–Crippen LogP) is 1.86. The van der Waals surface area contributed by atoms with E-state index in [9.17, 15) is 0 Å². The fourth-order valence-electron chi connectivity index (χ4n) is 2.29. The number of hydrogen-bond donors (Lipinski definition) is 1. The number of para-hydroxylation sites is 1. The first-order valence-electron chi connectivity index (χ1n) is 7.41. The molecule has 0 unspecified atom stereocenters. The molecule has 0 aliphatic heterocycles. The number of imidazole rings is 1. The van der Waals surface area contributed by atoms with E-state index >= 15 is 0 Å². The van der Waals surface area contributed by atoms with Crippen molar-refractivity contribution in [3.63, 3.8) is 0 Å². The summed E-state index contributed by atoms with van der Waals surface area (Å²) in [6.45, 7) is 0.574. The van der Waals surface area contributed by atoms with Crippen molar-refractivity contribution in [2.45, 2.75) is 6.54 Å². The summed E-state index contributed by atoms with van der Waals surface area (Å²) in [5, 5.41) is 15.0. The minimum absolute atomic E-state index is 0.574. The van der Waals surface area contributed by atoms with Crippen molar-refractivity contribution < 1.29 is 0 Å². The molecule has 1 aromatic carbocycles. The molecule has 4 rings (SSSR count). The van der Waals surface area contributed by atoms with Gasteiger partial charge in [-0.15, -0.1) is 0 Å². The lowest BCUT2D eigenvalue weighted by molar-refractivity contribution is 0.789. The fourth-order valence-corrected chi connectivity index (χ4v) is 2.29. The number of nitrogens with one attached hydrogen (secondary N) is 1. The number of tetrazole rings is 1. The smallest absolute Gasteiger partial charge is 0.248 e. The first kappa shape index (κ1) is 14.1. The van der Waals surface area contributed by atoms with Gasteiger partial charge in [-0.1, -0.05) is 29.4 Å². The van der Waals surface area contributed by atoms with E-state index < -0.39 is 0 Å². The Hall–Kier alpha value is -3.55. The molecule has 0 aliphatic carbocycles. The summed E-state index contributed by atoms with van der Waals surface area (Å²) in [7, 11) is 0. The third-order valence-electron chi connectivity index (χ3n) is 3.50. The van der Waals surface area contributed by atoms with E-state index in [4.69, 9.17) is 0 Å². The highest BCUT2D eigenvalue weighted by molar-refractivity contribution is 5.39. The summed E-state index contributed by atoms with van der Waals surface area (Å²) in [5.74, 6) is 1.41. The monoisotopic (exact) mass is 318 g/mol. The number of hydrogen-bond acceptors (Lipinski definition) is 6. The van der Waals surface area contributed by atoms with Gasteiger partial charge in [-0.05, 0) is 34.2 Å². The molecule has 3 aromatic heterocycles. The van der Waals surface area contributed by atoms with Gasteiger partial charge in [0.1, 0.15) is 12.1 Å². The summed E-state index contributed by atoms with van der Waals surface area (Å²) in [5.41, 5.74) is 1.93. The average Bonchev–Trinajstić information content (AvgIpc) is 3.33. The van der Waals surface area contributed by atoms with Crippen molar-refractivity contribution in [3.05, 3.63) is 72.9 Å². The van der Waals surface area contributed by atoms with Gasteiger partial charge in [0.05, 0.1) is 5.69 Å². The van der Waals surface area contributed by atoms with Crippen LogP contribution >= 0.6 is 0 Å². The number of rotatable bonds is 5. The molecule has 24 heavy (non-hydrogen) atoms. The SMILES string of the molecule is c1ccc(-n2nnnc2NCc2ccc(-n3ccnc3)nc2)cc1. The third-order valence-corrected chi connectivity index (χ3v) is 3.50. The highest BCUT2D eigenvalue weighted by atomic mass is 15.6. The molecule has 4 aromatic rings. The molecular weight excluding hydrogens is 304 g/mol. The van der Waals surface area contributed by atoms with Crippen molar-refractivity contribution in [2.24, 2.45) is 0 Å². The largest absolute Gasteiger partial charge is 0.349 e. The van der Waals surface area contributed by atoms with Gasteiger partial charge >= 0.3 is 0 Å². The number of aromatic nitrogens is 7. The Bertz CT molecular complexity index is 897. The van der Waals surface area contributed by atoms with Gasteiger partial charge in [0.15, 0.2) is 0 Å². The summed E-state index contributed by atoms with van der Waals surface area (Å²) in [6.07, 6.45) is 7.11. The van der Waals surface area contributed by atoms with Crippen molar-refractivity contribution in [1.29, 1.82) is 0 Å². The third kappa shape index (κ3) is 2.84. The molecule has 8 heteroatoms. The van der Waals surface area contributed by atoms with Crippen LogP contribution in [0.5, 0.6) is 0 Å². The Morgan fingerprint density at radius 3 is 2.71 bits per heavy atom. The lowest BCUT2D eigenvalue weighted by Gasteiger charge is -2.07. The van der Waals surface area contributed by atoms with Gasteiger partial charge in [-0.2, -0.15) is 4.68 Å². The van der Waals surface area contributed by atoms with Crippen LogP contribution in [0.15, 0.2) is 67.4 Å². The van der Waals surface area contributed by atoms with Crippen LogP contribution in [0.25, 0.3) is 11.5 Å². The molecule has 1 N–H and O–H groups in total. The van der Waals surface area contributed by atoms with E-state index in [-0.39, 0.29) is 0 Å². The first-order chi connectivity index (χ1) is 11.9. The van der Waals surface area contributed by atoms with E-state index in [1.165, 1.54) is 0 Å². The van der Waals surface area contributed by atoms with Gasteiger partial charge in [0.25, 0.3) is 0 Å². The minimum atomic E-state index is 0.574. The normalized spacial score (nSPS) is 10.7. The van der Waals surface area contributed by atoms with Gasteiger partial charge in [-0.3, -0.25) is 4.57 Å². The molecule has 0 saturated heterocycles.